The lowest BCUT2D eigenvalue weighted by atomic mass is 9.83. The molecule has 0 heterocycles. The van der Waals surface area contributed by atoms with Crippen LogP contribution in [0.25, 0.3) is 0 Å². The summed E-state index contributed by atoms with van der Waals surface area (Å²) in [5.41, 5.74) is 5.96. The Bertz CT molecular complexity index is 348. The first-order valence-electron chi connectivity index (χ1n) is 5.43. The molecule has 0 saturated carbocycles. The van der Waals surface area contributed by atoms with Crippen molar-refractivity contribution in [2.24, 2.45) is 11.7 Å². The molecule has 1 aromatic carbocycles. The lowest BCUT2D eigenvalue weighted by Gasteiger charge is -2.28. The van der Waals surface area contributed by atoms with Crippen LogP contribution in [0.2, 0.25) is 0 Å². The fourth-order valence-electron chi connectivity index (χ4n) is 1.88. The molecule has 0 spiro atoms. The minimum Gasteiger partial charge on any atom is -0.467 e. The van der Waals surface area contributed by atoms with Crippen molar-refractivity contribution in [2.45, 2.75) is 25.8 Å². The van der Waals surface area contributed by atoms with Gasteiger partial charge in [-0.3, -0.25) is 0 Å². The number of hydrogen-bond donors (Lipinski definition) is 1. The van der Waals surface area contributed by atoms with Crippen LogP contribution in [0.15, 0.2) is 30.3 Å². The Balaban J connectivity index is 3.09. The van der Waals surface area contributed by atoms with Gasteiger partial charge in [0, 0.05) is 0 Å². The molecule has 88 valence electrons. The third-order valence-corrected chi connectivity index (χ3v) is 2.57. The van der Waals surface area contributed by atoms with Crippen LogP contribution in [-0.4, -0.2) is 13.1 Å². The van der Waals surface area contributed by atoms with Crippen molar-refractivity contribution < 1.29 is 9.53 Å². The highest BCUT2D eigenvalue weighted by Gasteiger charge is 2.37. The summed E-state index contributed by atoms with van der Waals surface area (Å²) < 4.78 is 4.81. The summed E-state index contributed by atoms with van der Waals surface area (Å²) in [6.07, 6.45) is 0.573. The molecule has 0 aliphatic rings. The quantitative estimate of drug-likeness (QED) is 0.792. The van der Waals surface area contributed by atoms with Gasteiger partial charge in [-0.15, -0.1) is 0 Å². The van der Waals surface area contributed by atoms with Gasteiger partial charge in [-0.1, -0.05) is 44.2 Å². The predicted octanol–water partition coefficient (Wildman–Crippen LogP) is 2.06. The van der Waals surface area contributed by atoms with Crippen LogP contribution in [-0.2, 0) is 15.1 Å². The number of rotatable bonds is 4. The number of esters is 1. The molecule has 0 bridgehead atoms. The third-order valence-electron chi connectivity index (χ3n) is 2.57. The number of hydrogen-bond acceptors (Lipinski definition) is 3. The summed E-state index contributed by atoms with van der Waals surface area (Å²) >= 11 is 0. The smallest absolute Gasteiger partial charge is 0.330 e. The van der Waals surface area contributed by atoms with E-state index in [2.05, 4.69) is 0 Å². The largest absolute Gasteiger partial charge is 0.467 e. The summed E-state index contributed by atoms with van der Waals surface area (Å²) in [6.45, 7) is 4.07. The first-order chi connectivity index (χ1) is 7.50. The van der Waals surface area contributed by atoms with E-state index in [1.54, 1.807) is 0 Å². The van der Waals surface area contributed by atoms with Gasteiger partial charge in [0.05, 0.1) is 7.11 Å². The Morgan fingerprint density at radius 1 is 1.38 bits per heavy atom. The van der Waals surface area contributed by atoms with Crippen molar-refractivity contribution >= 4 is 5.97 Å². The number of carbonyl (C=O) groups is 1. The molecule has 1 atom stereocenters. The van der Waals surface area contributed by atoms with E-state index in [-0.39, 0.29) is 5.97 Å². The molecule has 0 unspecified atom stereocenters. The average molecular weight is 221 g/mol. The van der Waals surface area contributed by atoms with Gasteiger partial charge in [-0.25, -0.2) is 4.79 Å². The molecule has 3 heteroatoms. The van der Waals surface area contributed by atoms with Crippen LogP contribution < -0.4 is 5.73 Å². The second kappa shape index (κ2) is 5.12. The van der Waals surface area contributed by atoms with Gasteiger partial charge in [0.2, 0.25) is 0 Å². The monoisotopic (exact) mass is 221 g/mol. The minimum absolute atomic E-state index is 0.323. The van der Waals surface area contributed by atoms with E-state index in [1.165, 1.54) is 7.11 Å². The van der Waals surface area contributed by atoms with E-state index < -0.39 is 5.54 Å². The van der Waals surface area contributed by atoms with Crippen LogP contribution in [0.3, 0.4) is 0 Å². The van der Waals surface area contributed by atoms with E-state index in [0.717, 1.165) is 5.56 Å². The van der Waals surface area contributed by atoms with Crippen molar-refractivity contribution in [3.05, 3.63) is 35.9 Å². The van der Waals surface area contributed by atoms with Crippen LogP contribution in [0, 0.1) is 5.92 Å². The average Bonchev–Trinajstić information content (AvgIpc) is 2.28. The van der Waals surface area contributed by atoms with Gasteiger partial charge >= 0.3 is 5.97 Å². The van der Waals surface area contributed by atoms with Gasteiger partial charge < -0.3 is 10.5 Å². The molecule has 0 aromatic heterocycles. The molecule has 0 saturated heterocycles. The molecule has 0 aliphatic carbocycles. The van der Waals surface area contributed by atoms with Crippen molar-refractivity contribution in [1.29, 1.82) is 0 Å². The Morgan fingerprint density at radius 3 is 2.38 bits per heavy atom. The Labute approximate surface area is 96.6 Å². The van der Waals surface area contributed by atoms with Gasteiger partial charge in [0.25, 0.3) is 0 Å². The maximum absolute atomic E-state index is 11.8. The number of nitrogens with two attached hydrogens (primary N) is 1. The molecule has 0 aliphatic heterocycles. The van der Waals surface area contributed by atoms with Crippen molar-refractivity contribution in [3.8, 4) is 0 Å². The zero-order valence-electron chi connectivity index (χ0n) is 10.1. The first kappa shape index (κ1) is 12.7. The summed E-state index contributed by atoms with van der Waals surface area (Å²) in [4.78, 5) is 11.8. The lowest BCUT2D eigenvalue weighted by Crippen LogP contribution is -2.46. The van der Waals surface area contributed by atoms with Crippen molar-refractivity contribution in [1.82, 2.24) is 0 Å². The standard InChI is InChI=1S/C13H19NO2/c1-10(2)9-13(14,12(15)16-3)11-7-5-4-6-8-11/h4-8,10H,9,14H2,1-3H3/t13-/m1/s1. The lowest BCUT2D eigenvalue weighted by molar-refractivity contribution is -0.148. The normalized spacial score (nSPS) is 14.6. The van der Waals surface area contributed by atoms with Crippen LogP contribution >= 0.6 is 0 Å². The van der Waals surface area contributed by atoms with Gasteiger partial charge in [-0.2, -0.15) is 0 Å². The van der Waals surface area contributed by atoms with E-state index in [4.69, 9.17) is 10.5 Å². The van der Waals surface area contributed by atoms with E-state index in [1.807, 2.05) is 44.2 Å². The number of benzene rings is 1. The summed E-state index contributed by atoms with van der Waals surface area (Å²) in [5, 5.41) is 0. The maximum atomic E-state index is 11.8. The van der Waals surface area contributed by atoms with E-state index >= 15 is 0 Å². The van der Waals surface area contributed by atoms with Gasteiger partial charge in [-0.05, 0) is 17.9 Å². The highest BCUT2D eigenvalue weighted by atomic mass is 16.5. The second-order valence-electron chi connectivity index (χ2n) is 4.43. The summed E-state index contributed by atoms with van der Waals surface area (Å²) in [6, 6.07) is 9.37. The molecular weight excluding hydrogens is 202 g/mol. The minimum atomic E-state index is -1.04. The fraction of sp³-hybridized carbons (Fsp3) is 0.462. The molecule has 3 nitrogen and oxygen atoms in total. The predicted molar refractivity (Wildman–Crippen MR) is 63.8 cm³/mol. The Kier molecular flexibility index (Phi) is 4.07. The van der Waals surface area contributed by atoms with Gasteiger partial charge in [0.15, 0.2) is 0 Å². The van der Waals surface area contributed by atoms with Crippen molar-refractivity contribution in [2.75, 3.05) is 7.11 Å². The maximum Gasteiger partial charge on any atom is 0.330 e. The summed E-state index contributed by atoms with van der Waals surface area (Å²) in [7, 11) is 1.37. The summed E-state index contributed by atoms with van der Waals surface area (Å²) in [5.74, 6) is -0.0586. The Morgan fingerprint density at radius 2 is 1.94 bits per heavy atom. The second-order valence-corrected chi connectivity index (χ2v) is 4.43. The van der Waals surface area contributed by atoms with E-state index in [9.17, 15) is 4.79 Å². The number of methoxy groups -OCH3 is 1. The highest BCUT2D eigenvalue weighted by molar-refractivity contribution is 5.82. The zero-order valence-corrected chi connectivity index (χ0v) is 10.1. The fourth-order valence-corrected chi connectivity index (χ4v) is 1.88. The van der Waals surface area contributed by atoms with E-state index in [0.29, 0.717) is 12.3 Å². The molecule has 0 fully saturated rings. The third kappa shape index (κ3) is 2.61. The van der Waals surface area contributed by atoms with Crippen LogP contribution in [0.5, 0.6) is 0 Å². The highest BCUT2D eigenvalue weighted by Crippen LogP contribution is 2.27. The molecule has 16 heavy (non-hydrogen) atoms. The first-order valence-corrected chi connectivity index (χ1v) is 5.43. The zero-order chi connectivity index (χ0) is 12.2. The van der Waals surface area contributed by atoms with Crippen molar-refractivity contribution in [3.63, 3.8) is 0 Å². The topological polar surface area (TPSA) is 52.3 Å². The van der Waals surface area contributed by atoms with Crippen LogP contribution in [0.4, 0.5) is 0 Å². The number of carbonyl (C=O) groups excluding carboxylic acids is 1. The molecule has 0 amide bonds. The van der Waals surface area contributed by atoms with Crippen LogP contribution in [0.1, 0.15) is 25.8 Å². The molecular formula is C13H19NO2. The molecule has 1 rings (SSSR count). The Hall–Kier alpha value is -1.35. The SMILES string of the molecule is COC(=O)[C@@](N)(CC(C)C)c1ccccc1. The molecule has 1 aromatic rings. The molecule has 2 N–H and O–H groups in total. The molecule has 0 radical (unpaired) electrons. The number of ether oxygens (including phenoxy) is 1. The van der Waals surface area contributed by atoms with Gasteiger partial charge in [0.1, 0.15) is 5.54 Å².